The molecule has 1 N–H and O–H groups in total. The number of pyridine rings is 1. The first-order valence-corrected chi connectivity index (χ1v) is 7.21. The summed E-state index contributed by atoms with van der Waals surface area (Å²) in [5.74, 6) is 0.0284. The summed E-state index contributed by atoms with van der Waals surface area (Å²) in [4.78, 5) is 8.38. The van der Waals surface area contributed by atoms with Crippen LogP contribution in [0, 0.1) is 18.6 Å². The van der Waals surface area contributed by atoms with E-state index in [1.807, 2.05) is 0 Å². The Hall–Kier alpha value is -3.03. The summed E-state index contributed by atoms with van der Waals surface area (Å²) in [6.07, 6.45) is 1.62. The van der Waals surface area contributed by atoms with E-state index in [4.69, 9.17) is 9.26 Å². The third-order valence-corrected chi connectivity index (χ3v) is 3.11. The number of benzene rings is 1. The number of aryl methyl sites for hydroxylation is 1. The molecule has 0 spiro atoms. The van der Waals surface area contributed by atoms with Crippen LogP contribution in [0.5, 0.6) is 5.75 Å². The standard InChI is InChI=1S/C16H14F2N4O2/c1-10-21-16(24-22-10)12-3-2-6-19-15(12)20-7-8-23-14-5-4-11(17)9-13(14)18/h2-6,9H,7-8H2,1H3,(H,19,20). The predicted molar refractivity (Wildman–Crippen MR) is 82.6 cm³/mol. The van der Waals surface area contributed by atoms with Crippen molar-refractivity contribution in [1.29, 1.82) is 0 Å². The number of nitrogens with one attached hydrogen (secondary N) is 1. The zero-order chi connectivity index (χ0) is 16.9. The van der Waals surface area contributed by atoms with E-state index in [-0.39, 0.29) is 12.4 Å². The number of anilines is 1. The fraction of sp³-hybridized carbons (Fsp3) is 0.188. The van der Waals surface area contributed by atoms with Gasteiger partial charge in [0.15, 0.2) is 17.4 Å². The van der Waals surface area contributed by atoms with Crippen LogP contribution in [0.2, 0.25) is 0 Å². The summed E-state index contributed by atoms with van der Waals surface area (Å²) < 4.78 is 36.7. The van der Waals surface area contributed by atoms with Crippen molar-refractivity contribution >= 4 is 5.82 Å². The second kappa shape index (κ2) is 7.03. The van der Waals surface area contributed by atoms with Crippen molar-refractivity contribution in [1.82, 2.24) is 15.1 Å². The van der Waals surface area contributed by atoms with E-state index in [1.165, 1.54) is 6.07 Å². The van der Waals surface area contributed by atoms with Crippen LogP contribution < -0.4 is 10.1 Å². The summed E-state index contributed by atoms with van der Waals surface area (Å²) in [5, 5.41) is 6.81. The molecule has 24 heavy (non-hydrogen) atoms. The van der Waals surface area contributed by atoms with E-state index in [0.717, 1.165) is 12.1 Å². The molecule has 6 nitrogen and oxygen atoms in total. The molecule has 0 aliphatic rings. The lowest BCUT2D eigenvalue weighted by atomic mass is 10.2. The van der Waals surface area contributed by atoms with Crippen molar-refractivity contribution in [2.45, 2.75) is 6.92 Å². The van der Waals surface area contributed by atoms with Crippen LogP contribution in [0.25, 0.3) is 11.5 Å². The van der Waals surface area contributed by atoms with E-state index in [0.29, 0.717) is 29.6 Å². The summed E-state index contributed by atoms with van der Waals surface area (Å²) in [7, 11) is 0. The van der Waals surface area contributed by atoms with Crippen LogP contribution in [0.1, 0.15) is 5.82 Å². The van der Waals surface area contributed by atoms with Crippen LogP contribution in [-0.4, -0.2) is 28.3 Å². The number of rotatable bonds is 6. The molecule has 0 atom stereocenters. The molecule has 0 aliphatic heterocycles. The first kappa shape index (κ1) is 15.9. The molecule has 2 heterocycles. The highest BCUT2D eigenvalue weighted by molar-refractivity contribution is 5.68. The highest BCUT2D eigenvalue weighted by Crippen LogP contribution is 2.24. The number of nitrogens with zero attached hydrogens (tertiary/aromatic N) is 3. The van der Waals surface area contributed by atoms with Crippen molar-refractivity contribution in [3.05, 3.63) is 54.0 Å². The van der Waals surface area contributed by atoms with Gasteiger partial charge in [-0.05, 0) is 31.2 Å². The van der Waals surface area contributed by atoms with Gasteiger partial charge in [0.05, 0.1) is 12.1 Å². The monoisotopic (exact) mass is 332 g/mol. The molecule has 3 aromatic rings. The van der Waals surface area contributed by atoms with Crippen molar-refractivity contribution in [3.8, 4) is 17.2 Å². The third kappa shape index (κ3) is 3.65. The Morgan fingerprint density at radius 3 is 2.88 bits per heavy atom. The van der Waals surface area contributed by atoms with E-state index in [2.05, 4.69) is 20.4 Å². The fourth-order valence-corrected chi connectivity index (χ4v) is 2.05. The van der Waals surface area contributed by atoms with Crippen LogP contribution in [0.3, 0.4) is 0 Å². The number of hydrogen-bond donors (Lipinski definition) is 1. The Morgan fingerprint density at radius 1 is 1.25 bits per heavy atom. The molecule has 3 rings (SSSR count). The first-order chi connectivity index (χ1) is 11.6. The lowest BCUT2D eigenvalue weighted by Gasteiger charge is -2.10. The van der Waals surface area contributed by atoms with Gasteiger partial charge in [-0.15, -0.1) is 0 Å². The lowest BCUT2D eigenvalue weighted by molar-refractivity contribution is 0.314. The van der Waals surface area contributed by atoms with Crippen LogP contribution in [-0.2, 0) is 0 Å². The Labute approximate surface area is 136 Å². The number of aromatic nitrogens is 3. The van der Waals surface area contributed by atoms with Gasteiger partial charge in [0.25, 0.3) is 5.89 Å². The quantitative estimate of drug-likeness (QED) is 0.699. The topological polar surface area (TPSA) is 73.1 Å². The Balaban J connectivity index is 1.61. The minimum atomic E-state index is -0.741. The molecule has 0 aliphatic carbocycles. The van der Waals surface area contributed by atoms with Crippen molar-refractivity contribution in [2.24, 2.45) is 0 Å². The SMILES string of the molecule is Cc1noc(-c2cccnc2NCCOc2ccc(F)cc2F)n1. The smallest absolute Gasteiger partial charge is 0.261 e. The summed E-state index contributed by atoms with van der Waals surface area (Å²) in [6.45, 7) is 2.25. The van der Waals surface area contributed by atoms with Gasteiger partial charge >= 0.3 is 0 Å². The molecule has 0 unspecified atom stereocenters. The number of hydrogen-bond acceptors (Lipinski definition) is 6. The second-order valence-corrected chi connectivity index (χ2v) is 4.90. The van der Waals surface area contributed by atoms with Gasteiger partial charge in [0.2, 0.25) is 0 Å². The van der Waals surface area contributed by atoms with Gasteiger partial charge in [0, 0.05) is 12.3 Å². The molecule has 0 radical (unpaired) electrons. The predicted octanol–water partition coefficient (Wildman–Crippen LogP) is 3.21. The summed E-state index contributed by atoms with van der Waals surface area (Å²) >= 11 is 0. The first-order valence-electron chi connectivity index (χ1n) is 7.21. The van der Waals surface area contributed by atoms with Crippen LogP contribution >= 0.6 is 0 Å². The molecule has 0 saturated heterocycles. The normalized spacial score (nSPS) is 10.6. The average molecular weight is 332 g/mol. The highest BCUT2D eigenvalue weighted by Gasteiger charge is 2.12. The zero-order valence-corrected chi connectivity index (χ0v) is 12.8. The lowest BCUT2D eigenvalue weighted by Crippen LogP contribution is -2.13. The Kier molecular flexibility index (Phi) is 4.64. The molecular weight excluding hydrogens is 318 g/mol. The Morgan fingerprint density at radius 2 is 2.12 bits per heavy atom. The average Bonchev–Trinajstić information content (AvgIpc) is 3.00. The molecule has 2 aromatic heterocycles. The molecule has 0 amide bonds. The van der Waals surface area contributed by atoms with Gasteiger partial charge in [-0.2, -0.15) is 4.98 Å². The molecule has 1 aromatic carbocycles. The number of halogens is 2. The second-order valence-electron chi connectivity index (χ2n) is 4.90. The maximum absolute atomic E-state index is 13.5. The minimum absolute atomic E-state index is 0.00743. The zero-order valence-electron chi connectivity index (χ0n) is 12.8. The largest absolute Gasteiger partial charge is 0.489 e. The van der Waals surface area contributed by atoms with Gasteiger partial charge in [-0.1, -0.05) is 5.16 Å². The van der Waals surface area contributed by atoms with Gasteiger partial charge in [-0.25, -0.2) is 13.8 Å². The summed E-state index contributed by atoms with van der Waals surface area (Å²) in [6, 6.07) is 6.71. The molecule has 8 heteroatoms. The van der Waals surface area contributed by atoms with E-state index in [9.17, 15) is 8.78 Å². The Bertz CT molecular complexity index is 838. The molecule has 124 valence electrons. The molecular formula is C16H14F2N4O2. The number of ether oxygens (including phenoxy) is 1. The van der Waals surface area contributed by atoms with Crippen molar-refractivity contribution < 1.29 is 18.0 Å². The maximum atomic E-state index is 13.5. The molecule has 0 saturated carbocycles. The van der Waals surface area contributed by atoms with Crippen LogP contribution in [0.15, 0.2) is 41.1 Å². The van der Waals surface area contributed by atoms with E-state index < -0.39 is 11.6 Å². The minimum Gasteiger partial charge on any atom is -0.489 e. The molecule has 0 bridgehead atoms. The highest BCUT2D eigenvalue weighted by atomic mass is 19.1. The van der Waals surface area contributed by atoms with Gasteiger partial charge in [-0.3, -0.25) is 0 Å². The van der Waals surface area contributed by atoms with Crippen LogP contribution in [0.4, 0.5) is 14.6 Å². The van der Waals surface area contributed by atoms with E-state index >= 15 is 0 Å². The molecule has 0 fully saturated rings. The van der Waals surface area contributed by atoms with Crippen molar-refractivity contribution in [3.63, 3.8) is 0 Å². The van der Waals surface area contributed by atoms with E-state index in [1.54, 1.807) is 25.3 Å². The fourth-order valence-electron chi connectivity index (χ4n) is 2.05. The summed E-state index contributed by atoms with van der Waals surface area (Å²) in [5.41, 5.74) is 0.658. The van der Waals surface area contributed by atoms with Gasteiger partial charge < -0.3 is 14.6 Å². The van der Waals surface area contributed by atoms with Crippen molar-refractivity contribution in [2.75, 3.05) is 18.5 Å². The van der Waals surface area contributed by atoms with Gasteiger partial charge in [0.1, 0.15) is 18.2 Å². The third-order valence-electron chi connectivity index (χ3n) is 3.11. The maximum Gasteiger partial charge on any atom is 0.261 e.